The molecule has 0 fully saturated rings. The SMILES string of the molecule is Cc1ccc(C2=CC(C)(C)c3ccc(C=Cc4ccc(C(=O)O)cc4)cc32)cc1. The number of allylic oxidation sites excluding steroid dienone is 1. The minimum atomic E-state index is -0.905. The average molecular weight is 380 g/mol. The van der Waals surface area contributed by atoms with Crippen molar-refractivity contribution in [2.45, 2.75) is 26.2 Å². The van der Waals surface area contributed by atoms with E-state index in [0.29, 0.717) is 5.56 Å². The van der Waals surface area contributed by atoms with Gasteiger partial charge >= 0.3 is 5.97 Å². The maximum atomic E-state index is 11.0. The van der Waals surface area contributed by atoms with Crippen LogP contribution in [0.25, 0.3) is 17.7 Å². The molecular weight excluding hydrogens is 356 g/mol. The summed E-state index contributed by atoms with van der Waals surface area (Å²) in [5.74, 6) is -0.905. The van der Waals surface area contributed by atoms with Crippen LogP contribution >= 0.6 is 0 Å². The van der Waals surface area contributed by atoms with Gasteiger partial charge in [0.1, 0.15) is 0 Å². The van der Waals surface area contributed by atoms with E-state index in [9.17, 15) is 4.79 Å². The van der Waals surface area contributed by atoms with Gasteiger partial charge in [-0.1, -0.05) is 86.2 Å². The molecular formula is C27H24O2. The van der Waals surface area contributed by atoms with E-state index < -0.39 is 5.97 Å². The molecule has 1 aliphatic carbocycles. The molecule has 0 radical (unpaired) electrons. The molecule has 3 aromatic carbocycles. The van der Waals surface area contributed by atoms with Gasteiger partial charge in [0.15, 0.2) is 0 Å². The zero-order valence-corrected chi connectivity index (χ0v) is 16.9. The third-order valence-electron chi connectivity index (χ3n) is 5.52. The Balaban J connectivity index is 1.67. The molecule has 0 atom stereocenters. The molecule has 1 N–H and O–H groups in total. The Morgan fingerprint density at radius 3 is 2.14 bits per heavy atom. The molecule has 144 valence electrons. The molecule has 0 aromatic heterocycles. The molecule has 0 amide bonds. The smallest absolute Gasteiger partial charge is 0.335 e. The number of carboxylic acid groups (broad SMARTS) is 1. The highest BCUT2D eigenvalue weighted by atomic mass is 16.4. The highest BCUT2D eigenvalue weighted by Crippen LogP contribution is 2.43. The first-order chi connectivity index (χ1) is 13.8. The monoisotopic (exact) mass is 380 g/mol. The zero-order valence-electron chi connectivity index (χ0n) is 16.9. The van der Waals surface area contributed by atoms with Gasteiger partial charge in [-0.15, -0.1) is 0 Å². The maximum Gasteiger partial charge on any atom is 0.335 e. The Bertz CT molecular complexity index is 1130. The standard InChI is InChI=1S/C27H24O2/c1-18-4-11-21(12-5-18)24-17-27(2,3)25-15-10-20(16-23(24)25)7-6-19-8-13-22(14-9-19)26(28)29/h4-17H,1-3H3,(H,28,29). The van der Waals surface area contributed by atoms with Gasteiger partial charge in [-0.25, -0.2) is 4.79 Å². The van der Waals surface area contributed by atoms with Crippen LogP contribution in [0, 0.1) is 6.92 Å². The molecule has 0 saturated carbocycles. The summed E-state index contributed by atoms with van der Waals surface area (Å²) >= 11 is 0. The molecule has 0 aliphatic heterocycles. The Morgan fingerprint density at radius 1 is 0.862 bits per heavy atom. The number of rotatable bonds is 4. The van der Waals surface area contributed by atoms with Crippen LogP contribution in [-0.2, 0) is 5.41 Å². The maximum absolute atomic E-state index is 11.0. The summed E-state index contributed by atoms with van der Waals surface area (Å²) in [5, 5.41) is 9.03. The van der Waals surface area contributed by atoms with Gasteiger partial charge in [-0.3, -0.25) is 0 Å². The molecule has 1 aliphatic rings. The second-order valence-electron chi connectivity index (χ2n) is 8.21. The van der Waals surface area contributed by atoms with Crippen LogP contribution in [-0.4, -0.2) is 11.1 Å². The van der Waals surface area contributed by atoms with E-state index >= 15 is 0 Å². The number of benzene rings is 3. The van der Waals surface area contributed by atoms with Crippen molar-refractivity contribution >= 4 is 23.7 Å². The van der Waals surface area contributed by atoms with Gasteiger partial charge in [0.05, 0.1) is 5.56 Å². The van der Waals surface area contributed by atoms with E-state index in [0.717, 1.165) is 11.1 Å². The molecule has 0 unspecified atom stereocenters. The van der Waals surface area contributed by atoms with Crippen molar-refractivity contribution in [1.82, 2.24) is 0 Å². The summed E-state index contributed by atoms with van der Waals surface area (Å²) in [4.78, 5) is 11.0. The fraction of sp³-hybridized carbons (Fsp3) is 0.148. The van der Waals surface area contributed by atoms with Crippen molar-refractivity contribution in [3.05, 3.63) is 112 Å². The van der Waals surface area contributed by atoms with Crippen LogP contribution < -0.4 is 0 Å². The molecule has 29 heavy (non-hydrogen) atoms. The topological polar surface area (TPSA) is 37.3 Å². The van der Waals surface area contributed by atoms with E-state index in [4.69, 9.17) is 5.11 Å². The van der Waals surface area contributed by atoms with Gasteiger partial charge in [0.25, 0.3) is 0 Å². The lowest BCUT2D eigenvalue weighted by Gasteiger charge is -2.17. The molecule has 0 saturated heterocycles. The summed E-state index contributed by atoms with van der Waals surface area (Å²) in [7, 11) is 0. The van der Waals surface area contributed by atoms with Crippen molar-refractivity contribution in [3.63, 3.8) is 0 Å². The molecule has 0 bridgehead atoms. The minimum Gasteiger partial charge on any atom is -0.478 e. The lowest BCUT2D eigenvalue weighted by atomic mass is 9.86. The number of aromatic carboxylic acids is 1. The third kappa shape index (κ3) is 3.79. The molecule has 0 heterocycles. The highest BCUT2D eigenvalue weighted by Gasteiger charge is 2.30. The molecule has 2 heteroatoms. The normalized spacial score (nSPS) is 14.7. The predicted molar refractivity (Wildman–Crippen MR) is 120 cm³/mol. The lowest BCUT2D eigenvalue weighted by molar-refractivity contribution is 0.0697. The number of aryl methyl sites for hydroxylation is 1. The van der Waals surface area contributed by atoms with E-state index in [1.165, 1.54) is 27.8 Å². The summed E-state index contributed by atoms with van der Waals surface area (Å²) in [6.45, 7) is 6.62. The Hall–Kier alpha value is -3.39. The van der Waals surface area contributed by atoms with Crippen LogP contribution in [0.2, 0.25) is 0 Å². The zero-order chi connectivity index (χ0) is 20.6. The first-order valence-corrected chi connectivity index (χ1v) is 9.80. The average Bonchev–Trinajstić information content (AvgIpc) is 2.98. The molecule has 2 nitrogen and oxygen atoms in total. The van der Waals surface area contributed by atoms with E-state index in [-0.39, 0.29) is 5.41 Å². The van der Waals surface area contributed by atoms with Gasteiger partial charge < -0.3 is 5.11 Å². The van der Waals surface area contributed by atoms with E-state index in [1.807, 2.05) is 18.2 Å². The largest absolute Gasteiger partial charge is 0.478 e. The summed E-state index contributed by atoms with van der Waals surface area (Å²) < 4.78 is 0. The fourth-order valence-corrected chi connectivity index (χ4v) is 3.87. The van der Waals surface area contributed by atoms with Crippen LogP contribution in [0.3, 0.4) is 0 Å². The third-order valence-corrected chi connectivity index (χ3v) is 5.52. The minimum absolute atomic E-state index is 0.00442. The Morgan fingerprint density at radius 2 is 1.48 bits per heavy atom. The first kappa shape index (κ1) is 18.9. The van der Waals surface area contributed by atoms with Crippen molar-refractivity contribution in [1.29, 1.82) is 0 Å². The summed E-state index contributed by atoms with van der Waals surface area (Å²) in [6.07, 6.45) is 6.46. The van der Waals surface area contributed by atoms with Crippen molar-refractivity contribution in [2.24, 2.45) is 0 Å². The van der Waals surface area contributed by atoms with Crippen LogP contribution in [0.4, 0.5) is 0 Å². The van der Waals surface area contributed by atoms with Gasteiger partial charge in [-0.2, -0.15) is 0 Å². The summed E-state index contributed by atoms with van der Waals surface area (Å²) in [5.41, 5.74) is 8.82. The molecule has 0 spiro atoms. The number of carbonyl (C=O) groups is 1. The van der Waals surface area contributed by atoms with Crippen molar-refractivity contribution in [2.75, 3.05) is 0 Å². The van der Waals surface area contributed by atoms with Crippen molar-refractivity contribution < 1.29 is 9.90 Å². The number of hydrogen-bond donors (Lipinski definition) is 1. The highest BCUT2D eigenvalue weighted by molar-refractivity contribution is 5.89. The number of carboxylic acids is 1. The molecule has 4 rings (SSSR count). The Labute approximate surface area is 171 Å². The van der Waals surface area contributed by atoms with E-state index in [1.54, 1.807) is 12.1 Å². The molecule has 3 aromatic rings. The van der Waals surface area contributed by atoms with E-state index in [2.05, 4.69) is 75.4 Å². The first-order valence-electron chi connectivity index (χ1n) is 9.80. The predicted octanol–water partition coefficient (Wildman–Crippen LogP) is 6.59. The lowest BCUT2D eigenvalue weighted by Crippen LogP contribution is -2.10. The Kier molecular flexibility index (Phi) is 4.71. The van der Waals surface area contributed by atoms with Crippen LogP contribution in [0.5, 0.6) is 0 Å². The second-order valence-corrected chi connectivity index (χ2v) is 8.21. The number of fused-ring (bicyclic) bond motifs is 1. The van der Waals surface area contributed by atoms with Gasteiger partial charge in [0, 0.05) is 5.41 Å². The second kappa shape index (κ2) is 7.21. The van der Waals surface area contributed by atoms with Crippen LogP contribution in [0.1, 0.15) is 57.6 Å². The van der Waals surface area contributed by atoms with Gasteiger partial charge in [0.2, 0.25) is 0 Å². The van der Waals surface area contributed by atoms with Crippen LogP contribution in [0.15, 0.2) is 72.8 Å². The fourth-order valence-electron chi connectivity index (χ4n) is 3.87. The van der Waals surface area contributed by atoms with Crippen molar-refractivity contribution in [3.8, 4) is 0 Å². The number of hydrogen-bond acceptors (Lipinski definition) is 1. The summed E-state index contributed by atoms with van der Waals surface area (Å²) in [6, 6.07) is 22.2. The quantitative estimate of drug-likeness (QED) is 0.519. The van der Waals surface area contributed by atoms with Gasteiger partial charge in [-0.05, 0) is 58.5 Å².